The quantitative estimate of drug-likeness (QED) is 0.0460. The number of nitrogens with two attached hydrogens (primary N) is 1. The van der Waals surface area contributed by atoms with E-state index in [0.29, 0.717) is 61.6 Å². The molecule has 0 radical (unpaired) electrons. The summed E-state index contributed by atoms with van der Waals surface area (Å²) in [6.07, 6.45) is 5.11. The second-order valence-corrected chi connectivity index (χ2v) is 16.7. The first-order valence-corrected chi connectivity index (χ1v) is 21.8. The van der Waals surface area contributed by atoms with Gasteiger partial charge in [0.05, 0.1) is 35.8 Å². The molecule has 11 heteroatoms. The summed E-state index contributed by atoms with van der Waals surface area (Å²) in [5.74, 6) is -0.0505. The summed E-state index contributed by atoms with van der Waals surface area (Å²) in [4.78, 5) is 27.5. The van der Waals surface area contributed by atoms with Crippen LogP contribution in [0.15, 0.2) is 121 Å². The maximum absolute atomic E-state index is 12.8. The Labute approximate surface area is 364 Å². The molecule has 2 amide bonds. The molecule has 2 fully saturated rings. The first kappa shape index (κ1) is 44.0. The lowest BCUT2D eigenvalue weighted by molar-refractivity contribution is -0.253. The molecule has 61 heavy (non-hydrogen) atoms. The molecule has 0 spiro atoms. The summed E-state index contributed by atoms with van der Waals surface area (Å²) < 4.78 is 13.3. The van der Waals surface area contributed by atoms with Crippen molar-refractivity contribution in [2.75, 3.05) is 30.7 Å². The Kier molecular flexibility index (Phi) is 15.2. The lowest BCUT2D eigenvalue weighted by atomic mass is 9.84. The van der Waals surface area contributed by atoms with Gasteiger partial charge in [0.1, 0.15) is 0 Å². The molecule has 0 saturated carbocycles. The second-order valence-electron chi connectivity index (χ2n) is 16.3. The number of hydrogen-bond donors (Lipinski definition) is 5. The van der Waals surface area contributed by atoms with Crippen LogP contribution in [0.3, 0.4) is 0 Å². The van der Waals surface area contributed by atoms with Crippen LogP contribution >= 0.6 is 11.6 Å². The first-order chi connectivity index (χ1) is 29.7. The van der Waals surface area contributed by atoms with Gasteiger partial charge in [0.2, 0.25) is 11.8 Å². The maximum atomic E-state index is 12.8. The van der Waals surface area contributed by atoms with Crippen molar-refractivity contribution in [3.8, 4) is 11.1 Å². The number of anilines is 2. The minimum Gasteiger partial charge on any atom is -0.397 e. The highest BCUT2D eigenvalue weighted by atomic mass is 35.5. The van der Waals surface area contributed by atoms with Crippen LogP contribution in [-0.2, 0) is 37.8 Å². The van der Waals surface area contributed by atoms with Crippen molar-refractivity contribution >= 4 is 34.8 Å². The van der Waals surface area contributed by atoms with Crippen molar-refractivity contribution in [2.24, 2.45) is 0 Å². The fraction of sp³-hybridized carbons (Fsp3) is 0.360. The zero-order valence-corrected chi connectivity index (χ0v) is 35.4. The smallest absolute Gasteiger partial charge is 0.224 e. The van der Waals surface area contributed by atoms with E-state index in [1.165, 1.54) is 0 Å². The van der Waals surface area contributed by atoms with E-state index in [4.69, 9.17) is 26.8 Å². The molecule has 2 saturated heterocycles. The van der Waals surface area contributed by atoms with Gasteiger partial charge in [-0.15, -0.1) is 0 Å². The van der Waals surface area contributed by atoms with Gasteiger partial charge in [0, 0.05) is 56.0 Å². The molecule has 320 valence electrons. The summed E-state index contributed by atoms with van der Waals surface area (Å²) in [6, 6.07) is 39.0. The number of aliphatic hydroxyl groups is 2. The molecule has 10 nitrogen and oxygen atoms in total. The maximum Gasteiger partial charge on any atom is 0.224 e. The largest absolute Gasteiger partial charge is 0.397 e. The molecule has 5 aromatic rings. The summed E-state index contributed by atoms with van der Waals surface area (Å²) in [6.45, 7) is 2.59. The lowest BCUT2D eigenvalue weighted by Crippen LogP contribution is -2.46. The number of nitrogen functional groups attached to an aromatic ring is 1. The number of halogens is 1. The fourth-order valence-electron chi connectivity index (χ4n) is 8.28. The molecule has 3 atom stereocenters. The third-order valence-electron chi connectivity index (χ3n) is 11.9. The van der Waals surface area contributed by atoms with Gasteiger partial charge in [-0.05, 0) is 83.3 Å². The van der Waals surface area contributed by atoms with Crippen LogP contribution in [0.25, 0.3) is 11.1 Å². The Morgan fingerprint density at radius 2 is 1.43 bits per heavy atom. The van der Waals surface area contributed by atoms with Crippen molar-refractivity contribution < 1.29 is 29.3 Å². The predicted octanol–water partition coefficient (Wildman–Crippen LogP) is 9.21. The monoisotopic (exact) mass is 844 g/mol. The van der Waals surface area contributed by atoms with Crippen LogP contribution < -0.4 is 16.4 Å². The number of nitrogens with one attached hydrogen (secondary N) is 2. The van der Waals surface area contributed by atoms with Crippen molar-refractivity contribution in [1.29, 1.82) is 0 Å². The molecule has 5 aromatic carbocycles. The number of nitrogens with zero attached hydrogens (tertiary/aromatic N) is 1. The van der Waals surface area contributed by atoms with Gasteiger partial charge >= 0.3 is 0 Å². The van der Waals surface area contributed by atoms with E-state index in [0.717, 1.165) is 77.7 Å². The normalized spacial score (nSPS) is 19.0. The number of carbonyl (C=O) groups is 2. The molecule has 0 aromatic heterocycles. The standard InChI is InChI=1S/C50H57ClN4O6/c51-41-25-23-40(24-26-41)50(59)27-29-55(30-28-50)33-42-31-46(37-17-15-35(34-56)16-18-37)61-49(60-42)38-21-19-36(20-22-38)43-10-6-5-9-39(43)32-53-47(57)13-3-1-2-4-14-48(58)54-45-12-8-7-11-44(45)52/h5-12,15-26,42,46,49,56,59H,1-4,13-14,27-34,52H2,(H,53,57)(H,54,58). The average Bonchev–Trinajstić information content (AvgIpc) is 3.28. The summed E-state index contributed by atoms with van der Waals surface area (Å²) in [5, 5.41) is 27.8. The number of aliphatic hydroxyl groups excluding tert-OH is 1. The van der Waals surface area contributed by atoms with Gasteiger partial charge in [-0.1, -0.05) is 122 Å². The van der Waals surface area contributed by atoms with Crippen LogP contribution in [0.2, 0.25) is 5.02 Å². The SMILES string of the molecule is Nc1ccccc1NC(=O)CCCCCCC(=O)NCc1ccccc1-c1ccc(C2OC(CN3CCC(O)(c4ccc(Cl)cc4)CC3)CC(c3ccc(CO)cc3)O2)cc1. The van der Waals surface area contributed by atoms with Crippen LogP contribution in [0.1, 0.15) is 98.0 Å². The molecule has 2 heterocycles. The van der Waals surface area contributed by atoms with E-state index in [2.05, 4.69) is 45.9 Å². The van der Waals surface area contributed by atoms with Crippen LogP contribution in [0, 0.1) is 0 Å². The number of rotatable bonds is 17. The van der Waals surface area contributed by atoms with Crippen LogP contribution in [0.4, 0.5) is 11.4 Å². The Morgan fingerprint density at radius 1 is 0.770 bits per heavy atom. The van der Waals surface area contributed by atoms with Gasteiger partial charge in [0.25, 0.3) is 0 Å². The number of carbonyl (C=O) groups excluding carboxylic acids is 2. The molecule has 0 bridgehead atoms. The topological polar surface area (TPSA) is 146 Å². The highest BCUT2D eigenvalue weighted by molar-refractivity contribution is 6.30. The van der Waals surface area contributed by atoms with Gasteiger partial charge in [0.15, 0.2) is 6.29 Å². The molecule has 2 aliphatic rings. The summed E-state index contributed by atoms with van der Waals surface area (Å²) in [5.41, 5.74) is 13.0. The average molecular weight is 845 g/mol. The van der Waals surface area contributed by atoms with Crippen molar-refractivity contribution in [3.63, 3.8) is 0 Å². The minimum absolute atomic E-state index is 0.00551. The Morgan fingerprint density at radius 3 is 2.13 bits per heavy atom. The number of amides is 2. The predicted molar refractivity (Wildman–Crippen MR) is 240 cm³/mol. The molecule has 7 rings (SSSR count). The lowest BCUT2D eigenvalue weighted by Gasteiger charge is -2.42. The number of unbranched alkanes of at least 4 members (excludes halogenated alkanes) is 3. The molecule has 2 aliphatic heterocycles. The number of hydrogen-bond acceptors (Lipinski definition) is 8. The van der Waals surface area contributed by atoms with Crippen LogP contribution in [-0.4, -0.2) is 52.7 Å². The molecule has 0 aliphatic carbocycles. The van der Waals surface area contributed by atoms with E-state index in [9.17, 15) is 19.8 Å². The number of benzene rings is 5. The second kappa shape index (κ2) is 21.1. The Balaban J connectivity index is 0.922. The fourth-order valence-corrected chi connectivity index (χ4v) is 8.41. The van der Waals surface area contributed by atoms with Gasteiger partial charge in [-0.25, -0.2) is 0 Å². The Hall–Kier alpha value is -5.07. The molecule has 6 N–H and O–H groups in total. The summed E-state index contributed by atoms with van der Waals surface area (Å²) in [7, 11) is 0. The highest BCUT2D eigenvalue weighted by Crippen LogP contribution is 2.40. The van der Waals surface area contributed by atoms with Gasteiger partial charge in [-0.3, -0.25) is 9.59 Å². The van der Waals surface area contributed by atoms with Crippen molar-refractivity contribution in [3.05, 3.63) is 154 Å². The van der Waals surface area contributed by atoms with Crippen LogP contribution in [0.5, 0.6) is 0 Å². The number of likely N-dealkylation sites (tertiary alicyclic amines) is 1. The Bertz CT molecular complexity index is 2190. The molecular formula is C50H57ClN4O6. The van der Waals surface area contributed by atoms with Crippen molar-refractivity contribution in [1.82, 2.24) is 10.2 Å². The first-order valence-electron chi connectivity index (χ1n) is 21.5. The van der Waals surface area contributed by atoms with E-state index < -0.39 is 11.9 Å². The zero-order chi connectivity index (χ0) is 42.6. The third-order valence-corrected chi connectivity index (χ3v) is 12.2. The van der Waals surface area contributed by atoms with E-state index >= 15 is 0 Å². The van der Waals surface area contributed by atoms with Crippen molar-refractivity contribution in [2.45, 2.75) is 95.0 Å². The van der Waals surface area contributed by atoms with E-state index in [1.807, 2.05) is 78.9 Å². The number of piperidine rings is 1. The molecular weight excluding hydrogens is 788 g/mol. The highest BCUT2D eigenvalue weighted by Gasteiger charge is 2.37. The van der Waals surface area contributed by atoms with Gasteiger partial charge < -0.3 is 41.0 Å². The minimum atomic E-state index is -0.883. The van der Waals surface area contributed by atoms with Gasteiger partial charge in [-0.2, -0.15) is 0 Å². The molecule has 3 unspecified atom stereocenters. The van der Waals surface area contributed by atoms with E-state index in [-0.39, 0.29) is 30.6 Å². The van der Waals surface area contributed by atoms with E-state index in [1.54, 1.807) is 12.1 Å². The number of ether oxygens (including phenoxy) is 2. The third kappa shape index (κ3) is 12.1. The summed E-state index contributed by atoms with van der Waals surface area (Å²) >= 11 is 6.11. The zero-order valence-electron chi connectivity index (χ0n) is 34.6. The number of para-hydroxylation sites is 2.